The van der Waals surface area contributed by atoms with Gasteiger partial charge < -0.3 is 25.8 Å². The minimum Gasteiger partial charge on any atom is -0.354 e. The van der Waals surface area contributed by atoms with E-state index in [1.807, 2.05) is 13.8 Å². The van der Waals surface area contributed by atoms with E-state index in [1.165, 1.54) is 22.8 Å². The zero-order valence-electron chi connectivity index (χ0n) is 27.5. The molecular weight excluding hydrogens is 617 g/mol. The summed E-state index contributed by atoms with van der Waals surface area (Å²) in [5, 5.41) is 9.05. The van der Waals surface area contributed by atoms with Gasteiger partial charge in [-0.2, -0.15) is 0 Å². The molecule has 13 heteroatoms. The molecule has 1 aliphatic rings. The molecule has 2 atom stereocenters. The lowest BCUT2D eigenvalue weighted by molar-refractivity contribution is -0.130. The van der Waals surface area contributed by atoms with E-state index >= 15 is 0 Å². The van der Waals surface area contributed by atoms with Crippen LogP contribution in [-0.2, 0) is 16.1 Å². The summed E-state index contributed by atoms with van der Waals surface area (Å²) in [4.78, 5) is 74.9. The average Bonchev–Trinajstić information content (AvgIpc) is 3.38. The maximum Gasteiger partial charge on any atom is 0.326 e. The summed E-state index contributed by atoms with van der Waals surface area (Å²) in [7, 11) is 0. The lowest BCUT2D eigenvalue weighted by Gasteiger charge is -2.25. The third-order valence-corrected chi connectivity index (χ3v) is 8.85. The van der Waals surface area contributed by atoms with Crippen LogP contribution in [0, 0.1) is 18.7 Å². The number of hydrogen-bond acceptors (Lipinski definition) is 6. The van der Waals surface area contributed by atoms with Gasteiger partial charge in [0.2, 0.25) is 11.8 Å². The summed E-state index contributed by atoms with van der Waals surface area (Å²) in [6.07, 6.45) is 1.93. The molecule has 48 heavy (non-hydrogen) atoms. The summed E-state index contributed by atoms with van der Waals surface area (Å²) in [5.41, 5.74) is 2.62. The molecule has 5 rings (SSSR count). The van der Waals surface area contributed by atoms with Crippen LogP contribution in [0.4, 0.5) is 4.39 Å². The second-order valence-electron chi connectivity index (χ2n) is 12.4. The summed E-state index contributed by atoms with van der Waals surface area (Å²) >= 11 is 0. The Labute approximate surface area is 277 Å². The molecule has 4 aromatic rings. The number of nitrogens with zero attached hydrogens (tertiary/aromatic N) is 3. The third kappa shape index (κ3) is 7.89. The second kappa shape index (κ2) is 15.2. The normalized spacial score (nSPS) is 18.2. The van der Waals surface area contributed by atoms with Gasteiger partial charge in [-0.05, 0) is 74.6 Å². The van der Waals surface area contributed by atoms with E-state index in [9.17, 15) is 28.4 Å². The van der Waals surface area contributed by atoms with Gasteiger partial charge >= 0.3 is 5.69 Å². The van der Waals surface area contributed by atoms with Crippen LogP contribution in [0.15, 0.2) is 47.3 Å². The van der Waals surface area contributed by atoms with Crippen LogP contribution >= 0.6 is 0 Å². The maximum atomic E-state index is 14.3. The van der Waals surface area contributed by atoms with E-state index in [0.717, 1.165) is 0 Å². The number of aromatic nitrogens is 3. The number of hydrogen-bond donors (Lipinski definition) is 4. The maximum absolute atomic E-state index is 14.3. The van der Waals surface area contributed by atoms with Gasteiger partial charge in [0, 0.05) is 55.8 Å². The summed E-state index contributed by atoms with van der Waals surface area (Å²) < 4.78 is 15.8. The molecule has 3 heterocycles. The Hall–Kier alpha value is -5.07. The minimum atomic E-state index is -0.745. The fourth-order valence-electron chi connectivity index (χ4n) is 6.02. The van der Waals surface area contributed by atoms with Gasteiger partial charge in [-0.1, -0.05) is 20.3 Å². The van der Waals surface area contributed by atoms with Gasteiger partial charge in [0.25, 0.3) is 11.8 Å². The van der Waals surface area contributed by atoms with Gasteiger partial charge in [0.1, 0.15) is 11.9 Å². The van der Waals surface area contributed by atoms with Crippen molar-refractivity contribution in [1.82, 2.24) is 35.4 Å². The number of pyridine rings is 1. The van der Waals surface area contributed by atoms with E-state index in [1.54, 1.807) is 36.1 Å². The lowest BCUT2D eigenvalue weighted by Crippen LogP contribution is -2.50. The highest BCUT2D eigenvalue weighted by molar-refractivity contribution is 6.06. The molecule has 12 nitrogen and oxygen atoms in total. The van der Waals surface area contributed by atoms with E-state index in [4.69, 9.17) is 0 Å². The Morgan fingerprint density at radius 2 is 1.73 bits per heavy atom. The van der Waals surface area contributed by atoms with Crippen LogP contribution in [0.5, 0.6) is 0 Å². The quantitative estimate of drug-likeness (QED) is 0.264. The highest BCUT2D eigenvalue weighted by atomic mass is 19.1. The number of rotatable bonds is 3. The Bertz CT molecular complexity index is 1900. The Kier molecular flexibility index (Phi) is 10.9. The monoisotopic (exact) mass is 659 g/mol. The van der Waals surface area contributed by atoms with Gasteiger partial charge in [-0.3, -0.25) is 28.7 Å². The first kappa shape index (κ1) is 34.3. The number of aryl methyl sites for hydroxylation is 2. The van der Waals surface area contributed by atoms with Gasteiger partial charge in [0.05, 0.1) is 22.1 Å². The van der Waals surface area contributed by atoms with Crippen molar-refractivity contribution >= 4 is 45.6 Å². The van der Waals surface area contributed by atoms with Crippen molar-refractivity contribution in [3.63, 3.8) is 0 Å². The Morgan fingerprint density at radius 1 is 0.979 bits per heavy atom. The molecule has 4 amide bonds. The SMILES string of the molecule is CC[C@H](C)[C@@H]1NC(=O)CCCN(C(=O)c2cc(C)nc3ccc(F)cc23)CCCNC(=O)c2ccc3[nH]c(=O)n(c3c2)CCCNC1=O. The molecule has 1 aliphatic heterocycles. The van der Waals surface area contributed by atoms with Crippen molar-refractivity contribution in [2.45, 2.75) is 65.5 Å². The van der Waals surface area contributed by atoms with Crippen LogP contribution in [-0.4, -0.2) is 75.3 Å². The van der Waals surface area contributed by atoms with Crippen LogP contribution in [0.3, 0.4) is 0 Å². The number of benzene rings is 2. The standard InChI is InChI=1S/C35H42FN7O5/c1-4-21(2)31-33(46)38-14-7-17-43-29-19-23(9-11-28(29)40-35(43)48)32(45)37-13-6-16-42(15-5-8-30(44)41-31)34(47)26-18-22(3)39-27-12-10-24(36)20-25(26)27/h9-12,18-21,31H,4-8,13-17H2,1-3H3,(H,37,45)(H,38,46)(H,40,48)(H,41,44)/t21-,31-/m0/s1. The van der Waals surface area contributed by atoms with Crippen molar-refractivity contribution in [2.24, 2.45) is 5.92 Å². The fourth-order valence-corrected chi connectivity index (χ4v) is 6.02. The summed E-state index contributed by atoms with van der Waals surface area (Å²) in [6.45, 7) is 6.94. The number of aromatic amines is 1. The number of halogens is 1. The molecule has 0 unspecified atom stereocenters. The molecule has 2 aromatic carbocycles. The molecule has 4 N–H and O–H groups in total. The molecule has 0 fully saturated rings. The zero-order chi connectivity index (χ0) is 34.4. The molecular formula is C35H42FN7O5. The number of carbonyl (C=O) groups excluding carboxylic acids is 4. The number of H-pyrrole nitrogens is 1. The molecule has 2 aromatic heterocycles. The van der Waals surface area contributed by atoms with Crippen LogP contribution < -0.4 is 21.6 Å². The van der Waals surface area contributed by atoms with Crippen LogP contribution in [0.25, 0.3) is 21.9 Å². The smallest absolute Gasteiger partial charge is 0.326 e. The number of amides is 4. The first-order valence-corrected chi connectivity index (χ1v) is 16.5. The molecule has 2 bridgehead atoms. The first-order valence-electron chi connectivity index (χ1n) is 16.5. The van der Waals surface area contributed by atoms with Gasteiger partial charge in [0.15, 0.2) is 0 Å². The number of nitrogens with one attached hydrogen (secondary N) is 4. The second-order valence-corrected chi connectivity index (χ2v) is 12.4. The highest BCUT2D eigenvalue weighted by Gasteiger charge is 2.26. The molecule has 0 spiro atoms. The minimum absolute atomic E-state index is 0.0769. The molecule has 0 saturated heterocycles. The predicted molar refractivity (Wildman–Crippen MR) is 180 cm³/mol. The first-order chi connectivity index (χ1) is 23.0. The van der Waals surface area contributed by atoms with E-state index in [-0.39, 0.29) is 67.8 Å². The Balaban J connectivity index is 1.41. The van der Waals surface area contributed by atoms with E-state index in [0.29, 0.717) is 71.0 Å². The zero-order valence-corrected chi connectivity index (χ0v) is 27.5. The average molecular weight is 660 g/mol. The molecule has 0 radical (unpaired) electrons. The van der Waals surface area contributed by atoms with E-state index in [2.05, 4.69) is 25.9 Å². The molecule has 0 saturated carbocycles. The van der Waals surface area contributed by atoms with Crippen molar-refractivity contribution in [3.8, 4) is 0 Å². The predicted octanol–water partition coefficient (Wildman–Crippen LogP) is 3.42. The fraction of sp³-hybridized carbons (Fsp3) is 0.429. The molecule has 254 valence electrons. The summed E-state index contributed by atoms with van der Waals surface area (Å²) in [6, 6.07) is 9.99. The number of imidazole rings is 1. The van der Waals surface area contributed by atoms with Gasteiger partial charge in [-0.15, -0.1) is 0 Å². The highest BCUT2D eigenvalue weighted by Crippen LogP contribution is 2.22. The third-order valence-electron chi connectivity index (χ3n) is 8.85. The van der Waals surface area contributed by atoms with Gasteiger partial charge in [-0.25, -0.2) is 9.18 Å². The van der Waals surface area contributed by atoms with Crippen molar-refractivity contribution in [2.75, 3.05) is 26.2 Å². The largest absolute Gasteiger partial charge is 0.354 e. The molecule has 0 aliphatic carbocycles. The van der Waals surface area contributed by atoms with Crippen molar-refractivity contribution in [3.05, 3.63) is 75.6 Å². The van der Waals surface area contributed by atoms with Crippen molar-refractivity contribution < 1.29 is 23.6 Å². The van der Waals surface area contributed by atoms with E-state index < -0.39 is 11.9 Å². The van der Waals surface area contributed by atoms with Crippen molar-refractivity contribution in [1.29, 1.82) is 0 Å². The number of carbonyl (C=O) groups is 4. The Morgan fingerprint density at radius 3 is 2.52 bits per heavy atom. The number of fused-ring (bicyclic) bond motifs is 2. The summed E-state index contributed by atoms with van der Waals surface area (Å²) in [5.74, 6) is -1.90. The van der Waals surface area contributed by atoms with Crippen LogP contribution in [0.2, 0.25) is 0 Å². The topological polar surface area (TPSA) is 158 Å². The lowest BCUT2D eigenvalue weighted by atomic mass is 9.98. The van der Waals surface area contributed by atoms with Crippen LogP contribution in [0.1, 0.15) is 72.4 Å².